The molecule has 0 spiro atoms. The van der Waals surface area contributed by atoms with Gasteiger partial charge in [-0.15, -0.1) is 0 Å². The van der Waals surface area contributed by atoms with Gasteiger partial charge in [-0.25, -0.2) is 16.8 Å². The van der Waals surface area contributed by atoms with Crippen LogP contribution < -0.4 is 9.46 Å². The average molecular weight is 721 g/mol. The molecule has 4 atom stereocenters. The molecule has 2 aromatic carbocycles. The van der Waals surface area contributed by atoms with E-state index in [4.69, 9.17) is 14.0 Å². The number of carbonyl (C=O) groups excluding carboxylic acids is 1. The fraction of sp³-hybridized carbons (Fsp3) is 0.529. The van der Waals surface area contributed by atoms with Crippen LogP contribution in [0.3, 0.4) is 0 Å². The van der Waals surface area contributed by atoms with E-state index in [0.29, 0.717) is 19.4 Å². The molecule has 0 radical (unpaired) electrons. The van der Waals surface area contributed by atoms with Gasteiger partial charge in [0.25, 0.3) is 15.9 Å². The monoisotopic (exact) mass is 720 g/mol. The van der Waals surface area contributed by atoms with Gasteiger partial charge in [-0.3, -0.25) is 9.52 Å². The number of ether oxygens (including phenoxy) is 2. The number of anilines is 1. The summed E-state index contributed by atoms with van der Waals surface area (Å²) in [6, 6.07) is 10.5. The Labute approximate surface area is 289 Å². The van der Waals surface area contributed by atoms with Crippen molar-refractivity contribution in [3.63, 3.8) is 0 Å². The van der Waals surface area contributed by atoms with Gasteiger partial charge in [0.2, 0.25) is 10.0 Å². The number of rotatable bonds is 9. The molecule has 1 aromatic heterocycles. The molecule has 0 unspecified atom stereocenters. The van der Waals surface area contributed by atoms with E-state index in [-0.39, 0.29) is 70.0 Å². The van der Waals surface area contributed by atoms with Crippen LogP contribution in [-0.2, 0) is 24.8 Å². The molecule has 4 rings (SSSR count). The molecule has 3 aromatic rings. The summed E-state index contributed by atoms with van der Waals surface area (Å²) in [5, 5.41) is 14.0. The van der Waals surface area contributed by atoms with Crippen LogP contribution in [-0.4, -0.2) is 93.8 Å². The first kappa shape index (κ1) is 38.3. The van der Waals surface area contributed by atoms with E-state index in [0.717, 1.165) is 12.0 Å². The number of fused-ring (bicyclic) bond motifs is 1. The molecular formula is C34H48N4O9S2. The van der Waals surface area contributed by atoms with Gasteiger partial charge in [-0.1, -0.05) is 29.8 Å². The van der Waals surface area contributed by atoms with Gasteiger partial charge in [-0.05, 0) is 84.2 Å². The minimum absolute atomic E-state index is 0.0383. The summed E-state index contributed by atoms with van der Waals surface area (Å²) in [5.41, 5.74) is 1.37. The Kier molecular flexibility index (Phi) is 12.5. The highest BCUT2D eigenvalue weighted by Gasteiger charge is 2.33. The maximum atomic E-state index is 14.4. The molecule has 0 saturated carbocycles. The van der Waals surface area contributed by atoms with Crippen molar-refractivity contribution in [2.75, 3.05) is 38.1 Å². The number of amides is 1. The minimum Gasteiger partial charge on any atom is -0.490 e. The zero-order valence-corrected chi connectivity index (χ0v) is 30.8. The summed E-state index contributed by atoms with van der Waals surface area (Å²) in [4.78, 5) is 16.0. The van der Waals surface area contributed by atoms with Gasteiger partial charge in [0.1, 0.15) is 11.4 Å². The lowest BCUT2D eigenvalue weighted by atomic mass is 10.0. The van der Waals surface area contributed by atoms with E-state index in [9.17, 15) is 26.7 Å². The van der Waals surface area contributed by atoms with Crippen LogP contribution in [0.2, 0.25) is 0 Å². The lowest BCUT2D eigenvalue weighted by Gasteiger charge is -2.35. The minimum atomic E-state index is -4.11. The van der Waals surface area contributed by atoms with Gasteiger partial charge in [0.05, 0.1) is 35.3 Å². The van der Waals surface area contributed by atoms with Crippen LogP contribution >= 0.6 is 0 Å². The summed E-state index contributed by atoms with van der Waals surface area (Å²) in [7, 11) is -6.43. The SMILES string of the molecule is Cc1ccc(S(=O)(=O)N(C)C[C@H]2OCCCC[C@H](C)Oc3ccc(NS(=O)(=O)c4c(C)noc4C)cc3C(=O)N([C@@H](C)CO)C[C@@H]2C)cc1. The molecule has 15 heteroatoms. The van der Waals surface area contributed by atoms with Gasteiger partial charge in [-0.2, -0.15) is 4.31 Å². The van der Waals surface area contributed by atoms with Crippen molar-refractivity contribution in [1.29, 1.82) is 0 Å². The Morgan fingerprint density at radius 2 is 1.76 bits per heavy atom. The maximum Gasteiger partial charge on any atom is 0.267 e. The van der Waals surface area contributed by atoms with Crippen molar-refractivity contribution in [2.24, 2.45) is 5.92 Å². The standard InChI is InChI=1S/C34H48N4O9S2/c1-22-11-14-29(15-12-22)49(43,44)37(7)20-32-23(2)19-38(24(3)21-39)34(40)30-18-28(36-48(41,42)33-26(5)35-47-27(33)6)13-16-31(30)46-25(4)10-8-9-17-45-32/h11-16,18,23-25,32,36,39H,8-10,17,19-21H2,1-7H3/t23-,24-,25-,32+/m0/s1. The van der Waals surface area contributed by atoms with Gasteiger partial charge in [0.15, 0.2) is 10.7 Å². The Hall–Kier alpha value is -3.50. The summed E-state index contributed by atoms with van der Waals surface area (Å²) < 4.78 is 75.0. The predicted molar refractivity (Wildman–Crippen MR) is 185 cm³/mol. The van der Waals surface area contributed by atoms with Crippen LogP contribution in [0.1, 0.15) is 67.4 Å². The Balaban J connectivity index is 1.69. The largest absolute Gasteiger partial charge is 0.490 e. The molecule has 0 aliphatic carbocycles. The second kappa shape index (κ2) is 16.0. The summed E-state index contributed by atoms with van der Waals surface area (Å²) in [6.07, 6.45) is 1.23. The van der Waals surface area contributed by atoms with E-state index in [1.54, 1.807) is 37.3 Å². The van der Waals surface area contributed by atoms with Crippen LogP contribution in [0.4, 0.5) is 5.69 Å². The zero-order valence-electron chi connectivity index (χ0n) is 29.2. The average Bonchev–Trinajstić information content (AvgIpc) is 3.40. The molecule has 1 aliphatic rings. The number of likely N-dealkylation sites (N-methyl/N-ethyl adjacent to an activating group) is 1. The number of nitrogens with one attached hydrogen (secondary N) is 1. The van der Waals surface area contributed by atoms with Crippen molar-refractivity contribution < 1.29 is 40.7 Å². The molecule has 2 N–H and O–H groups in total. The number of hydrogen-bond acceptors (Lipinski definition) is 10. The van der Waals surface area contributed by atoms with Crippen molar-refractivity contribution in [3.05, 3.63) is 65.0 Å². The van der Waals surface area contributed by atoms with Crippen LogP contribution in [0.15, 0.2) is 56.8 Å². The molecule has 0 bridgehead atoms. The summed E-state index contributed by atoms with van der Waals surface area (Å²) in [5.74, 6) is -0.469. The molecule has 13 nitrogen and oxygen atoms in total. The highest BCUT2D eigenvalue weighted by Crippen LogP contribution is 2.30. The fourth-order valence-electron chi connectivity index (χ4n) is 5.75. The van der Waals surface area contributed by atoms with Crippen LogP contribution in [0.25, 0.3) is 0 Å². The smallest absolute Gasteiger partial charge is 0.267 e. The number of hydrogen-bond donors (Lipinski definition) is 2. The fourth-order valence-corrected chi connectivity index (χ4v) is 8.32. The molecule has 1 amide bonds. The lowest BCUT2D eigenvalue weighted by molar-refractivity contribution is -0.00833. The number of aliphatic hydroxyl groups is 1. The predicted octanol–water partition coefficient (Wildman–Crippen LogP) is 4.52. The van der Waals surface area contributed by atoms with Crippen molar-refractivity contribution in [1.82, 2.24) is 14.4 Å². The molecule has 2 heterocycles. The maximum absolute atomic E-state index is 14.4. The van der Waals surface area contributed by atoms with E-state index in [1.807, 2.05) is 20.8 Å². The number of carbonyl (C=O) groups is 1. The normalized spacial score (nSPS) is 20.7. The summed E-state index contributed by atoms with van der Waals surface area (Å²) in [6.45, 7) is 10.5. The lowest BCUT2D eigenvalue weighted by Crippen LogP contribution is -2.48. The quantitative estimate of drug-likeness (QED) is 0.321. The van der Waals surface area contributed by atoms with Crippen molar-refractivity contribution >= 4 is 31.6 Å². The van der Waals surface area contributed by atoms with Gasteiger partial charge >= 0.3 is 0 Å². The van der Waals surface area contributed by atoms with E-state index < -0.39 is 38.1 Å². The van der Waals surface area contributed by atoms with Crippen molar-refractivity contribution in [2.45, 2.75) is 88.8 Å². The second-order valence-corrected chi connectivity index (χ2v) is 16.5. The number of aryl methyl sites for hydroxylation is 3. The number of aliphatic hydroxyl groups excluding tert-OH is 1. The van der Waals surface area contributed by atoms with Crippen molar-refractivity contribution in [3.8, 4) is 5.75 Å². The van der Waals surface area contributed by atoms with Gasteiger partial charge in [0, 0.05) is 38.3 Å². The molecule has 1 aliphatic heterocycles. The second-order valence-electron chi connectivity index (χ2n) is 12.9. The Bertz CT molecular complexity index is 1790. The zero-order chi connectivity index (χ0) is 36.1. The highest BCUT2D eigenvalue weighted by molar-refractivity contribution is 7.92. The number of aromatic nitrogens is 1. The highest BCUT2D eigenvalue weighted by atomic mass is 32.2. The molecular weight excluding hydrogens is 673 g/mol. The molecule has 270 valence electrons. The van der Waals surface area contributed by atoms with E-state index >= 15 is 0 Å². The molecule has 49 heavy (non-hydrogen) atoms. The molecule has 0 saturated heterocycles. The van der Waals surface area contributed by atoms with Gasteiger partial charge < -0.3 is 24.0 Å². The third-order valence-electron chi connectivity index (χ3n) is 8.71. The third-order valence-corrected chi connectivity index (χ3v) is 12.2. The first-order valence-electron chi connectivity index (χ1n) is 16.4. The molecule has 0 fully saturated rings. The first-order valence-corrected chi connectivity index (χ1v) is 19.3. The number of benzene rings is 2. The number of sulfonamides is 2. The topological polar surface area (TPSA) is 169 Å². The number of nitrogens with zero attached hydrogens (tertiary/aromatic N) is 3. The van der Waals surface area contributed by atoms with Crippen LogP contribution in [0.5, 0.6) is 5.75 Å². The van der Waals surface area contributed by atoms with E-state index in [1.165, 1.54) is 42.2 Å². The Morgan fingerprint density at radius 3 is 2.39 bits per heavy atom. The first-order chi connectivity index (χ1) is 23.0. The van der Waals surface area contributed by atoms with Crippen LogP contribution in [0, 0.1) is 26.7 Å². The summed E-state index contributed by atoms with van der Waals surface area (Å²) >= 11 is 0. The Morgan fingerprint density at radius 1 is 1.06 bits per heavy atom. The van der Waals surface area contributed by atoms with E-state index in [2.05, 4.69) is 9.88 Å². The third kappa shape index (κ3) is 9.19.